The van der Waals surface area contributed by atoms with Crippen molar-refractivity contribution in [3.05, 3.63) is 30.1 Å². The number of sulfone groups is 1. The highest BCUT2D eigenvalue weighted by Crippen LogP contribution is 2.11. The Bertz CT molecular complexity index is 416. The molecule has 0 spiro atoms. The zero-order valence-corrected chi connectivity index (χ0v) is 9.20. The topological polar surface area (TPSA) is 59.1 Å². The predicted molar refractivity (Wildman–Crippen MR) is 58.1 cm³/mol. The second kappa shape index (κ2) is 4.28. The van der Waals surface area contributed by atoms with Gasteiger partial charge in [-0.1, -0.05) is 6.07 Å². The van der Waals surface area contributed by atoms with E-state index in [9.17, 15) is 8.42 Å². The van der Waals surface area contributed by atoms with Crippen LogP contribution in [0.4, 0.5) is 0 Å². The minimum Gasteiger partial charge on any atom is -0.309 e. The average Bonchev–Trinajstić information content (AvgIpc) is 2.57. The van der Waals surface area contributed by atoms with E-state index in [2.05, 4.69) is 10.3 Å². The number of nitrogens with one attached hydrogen (secondary N) is 1. The SMILES string of the molecule is O=S1(=O)CC[C@H](NCc2cccnc2)C1. The van der Waals surface area contributed by atoms with Gasteiger partial charge in [0.25, 0.3) is 0 Å². The lowest BCUT2D eigenvalue weighted by molar-refractivity contribution is 0.553. The predicted octanol–water partition coefficient (Wildman–Crippen LogP) is 0.358. The number of pyridine rings is 1. The van der Waals surface area contributed by atoms with E-state index >= 15 is 0 Å². The molecular weight excluding hydrogens is 212 g/mol. The molecular formula is C10H14N2O2S. The summed E-state index contributed by atoms with van der Waals surface area (Å²) in [6.45, 7) is 0.689. The van der Waals surface area contributed by atoms with Gasteiger partial charge < -0.3 is 5.32 Å². The summed E-state index contributed by atoms with van der Waals surface area (Å²) >= 11 is 0. The lowest BCUT2D eigenvalue weighted by Crippen LogP contribution is -2.29. The molecule has 0 aliphatic carbocycles. The molecule has 2 rings (SSSR count). The van der Waals surface area contributed by atoms with Gasteiger partial charge in [-0.05, 0) is 18.1 Å². The van der Waals surface area contributed by atoms with Crippen LogP contribution in [-0.4, -0.2) is 30.9 Å². The van der Waals surface area contributed by atoms with E-state index in [4.69, 9.17) is 0 Å². The van der Waals surface area contributed by atoms with Crippen LogP contribution in [0.1, 0.15) is 12.0 Å². The molecule has 5 heteroatoms. The van der Waals surface area contributed by atoms with Crippen LogP contribution in [0.25, 0.3) is 0 Å². The highest BCUT2D eigenvalue weighted by atomic mass is 32.2. The number of hydrogen-bond donors (Lipinski definition) is 1. The molecule has 0 bridgehead atoms. The van der Waals surface area contributed by atoms with Crippen molar-refractivity contribution in [2.24, 2.45) is 0 Å². The number of rotatable bonds is 3. The number of aromatic nitrogens is 1. The van der Waals surface area contributed by atoms with Gasteiger partial charge >= 0.3 is 0 Å². The summed E-state index contributed by atoms with van der Waals surface area (Å²) < 4.78 is 22.4. The van der Waals surface area contributed by atoms with E-state index in [1.165, 1.54) is 0 Å². The average molecular weight is 226 g/mol. The molecule has 0 unspecified atom stereocenters. The molecule has 0 aromatic carbocycles. The molecule has 1 atom stereocenters. The molecule has 0 saturated carbocycles. The van der Waals surface area contributed by atoms with Crippen molar-refractivity contribution >= 4 is 9.84 Å². The molecule has 1 N–H and O–H groups in total. The van der Waals surface area contributed by atoms with Gasteiger partial charge in [0.1, 0.15) is 0 Å². The fourth-order valence-corrected chi connectivity index (χ4v) is 3.43. The van der Waals surface area contributed by atoms with Crippen molar-refractivity contribution in [3.63, 3.8) is 0 Å². The monoisotopic (exact) mass is 226 g/mol. The zero-order chi connectivity index (χ0) is 10.7. The lowest BCUT2D eigenvalue weighted by Gasteiger charge is -2.09. The van der Waals surface area contributed by atoms with Crippen LogP contribution in [0.15, 0.2) is 24.5 Å². The molecule has 15 heavy (non-hydrogen) atoms. The van der Waals surface area contributed by atoms with Gasteiger partial charge in [0.2, 0.25) is 0 Å². The Morgan fingerprint density at radius 1 is 1.53 bits per heavy atom. The summed E-state index contributed by atoms with van der Waals surface area (Å²) in [7, 11) is -2.78. The first-order valence-electron chi connectivity index (χ1n) is 4.98. The molecule has 1 aliphatic heterocycles. The van der Waals surface area contributed by atoms with E-state index in [0.29, 0.717) is 12.3 Å². The molecule has 1 aliphatic rings. The van der Waals surface area contributed by atoms with Crippen LogP contribution in [0.2, 0.25) is 0 Å². The molecule has 1 aromatic rings. The Morgan fingerprint density at radius 2 is 2.40 bits per heavy atom. The molecule has 1 saturated heterocycles. The summed E-state index contributed by atoms with van der Waals surface area (Å²) in [5.74, 6) is 0.588. The lowest BCUT2D eigenvalue weighted by atomic mass is 10.2. The maximum atomic E-state index is 11.2. The smallest absolute Gasteiger partial charge is 0.151 e. The highest BCUT2D eigenvalue weighted by Gasteiger charge is 2.27. The summed E-state index contributed by atoms with van der Waals surface area (Å²) in [6.07, 6.45) is 4.24. The normalized spacial score (nSPS) is 24.1. The van der Waals surface area contributed by atoms with Crippen LogP contribution >= 0.6 is 0 Å². The van der Waals surface area contributed by atoms with E-state index in [0.717, 1.165) is 12.0 Å². The molecule has 1 aromatic heterocycles. The Balaban J connectivity index is 1.85. The maximum Gasteiger partial charge on any atom is 0.151 e. The van der Waals surface area contributed by atoms with E-state index < -0.39 is 9.84 Å². The van der Waals surface area contributed by atoms with Gasteiger partial charge in [-0.3, -0.25) is 4.98 Å². The van der Waals surface area contributed by atoms with Crippen molar-refractivity contribution in [3.8, 4) is 0 Å². The van der Waals surface area contributed by atoms with Crippen molar-refractivity contribution in [1.82, 2.24) is 10.3 Å². The van der Waals surface area contributed by atoms with E-state index in [1.54, 1.807) is 12.4 Å². The Morgan fingerprint density at radius 3 is 3.00 bits per heavy atom. The largest absolute Gasteiger partial charge is 0.309 e. The fraction of sp³-hybridized carbons (Fsp3) is 0.500. The Kier molecular flexibility index (Phi) is 3.02. The Hall–Kier alpha value is -0.940. The van der Waals surface area contributed by atoms with Gasteiger partial charge in [-0.2, -0.15) is 0 Å². The number of nitrogens with zero attached hydrogens (tertiary/aromatic N) is 1. The van der Waals surface area contributed by atoms with Crippen molar-refractivity contribution in [2.45, 2.75) is 19.0 Å². The molecule has 1 fully saturated rings. The molecule has 0 amide bonds. The van der Waals surface area contributed by atoms with Crippen LogP contribution in [0, 0.1) is 0 Å². The first-order valence-corrected chi connectivity index (χ1v) is 6.80. The minimum absolute atomic E-state index is 0.107. The van der Waals surface area contributed by atoms with Crippen molar-refractivity contribution in [1.29, 1.82) is 0 Å². The van der Waals surface area contributed by atoms with Crippen molar-refractivity contribution in [2.75, 3.05) is 11.5 Å². The van der Waals surface area contributed by atoms with Gasteiger partial charge in [-0.25, -0.2) is 8.42 Å². The number of hydrogen-bond acceptors (Lipinski definition) is 4. The first kappa shape index (κ1) is 10.6. The zero-order valence-electron chi connectivity index (χ0n) is 8.39. The molecule has 0 radical (unpaired) electrons. The third kappa shape index (κ3) is 3.00. The van der Waals surface area contributed by atoms with Crippen LogP contribution in [-0.2, 0) is 16.4 Å². The van der Waals surface area contributed by atoms with Gasteiger partial charge in [-0.15, -0.1) is 0 Å². The van der Waals surface area contributed by atoms with Crippen molar-refractivity contribution < 1.29 is 8.42 Å². The fourth-order valence-electron chi connectivity index (χ4n) is 1.72. The molecule has 4 nitrogen and oxygen atoms in total. The van der Waals surface area contributed by atoms with Crippen LogP contribution in [0.3, 0.4) is 0 Å². The second-order valence-corrected chi connectivity index (χ2v) is 6.07. The molecule has 82 valence electrons. The minimum atomic E-state index is -2.78. The summed E-state index contributed by atoms with van der Waals surface area (Å²) in [4.78, 5) is 4.00. The molecule has 2 heterocycles. The van der Waals surface area contributed by atoms with Crippen LogP contribution in [0.5, 0.6) is 0 Å². The third-order valence-electron chi connectivity index (χ3n) is 2.55. The quantitative estimate of drug-likeness (QED) is 0.808. The van der Waals surface area contributed by atoms with Gasteiger partial charge in [0.15, 0.2) is 9.84 Å². The summed E-state index contributed by atoms with van der Waals surface area (Å²) in [6, 6.07) is 3.96. The third-order valence-corrected chi connectivity index (χ3v) is 4.32. The standard InChI is InChI=1S/C10H14N2O2S/c13-15(14)5-3-10(8-15)12-7-9-2-1-4-11-6-9/h1-2,4,6,10,12H,3,5,7-8H2/t10-/m0/s1. The van der Waals surface area contributed by atoms with Gasteiger partial charge in [0, 0.05) is 25.0 Å². The maximum absolute atomic E-state index is 11.2. The van der Waals surface area contributed by atoms with E-state index in [-0.39, 0.29) is 11.8 Å². The Labute approximate surface area is 89.6 Å². The summed E-state index contributed by atoms with van der Waals surface area (Å²) in [5, 5.41) is 3.23. The second-order valence-electron chi connectivity index (χ2n) is 3.84. The summed E-state index contributed by atoms with van der Waals surface area (Å²) in [5.41, 5.74) is 1.08. The highest BCUT2D eigenvalue weighted by molar-refractivity contribution is 7.91. The van der Waals surface area contributed by atoms with Crippen LogP contribution < -0.4 is 5.32 Å². The van der Waals surface area contributed by atoms with E-state index in [1.807, 2.05) is 12.1 Å². The first-order chi connectivity index (χ1) is 7.16. The van der Waals surface area contributed by atoms with Gasteiger partial charge in [0.05, 0.1) is 11.5 Å².